The third-order valence-electron chi connectivity index (χ3n) is 5.32. The summed E-state index contributed by atoms with van der Waals surface area (Å²) in [6.45, 7) is -0.217. The maximum absolute atomic E-state index is 13.1. The molecule has 9 heteroatoms. The molecule has 0 fully saturated rings. The molecule has 4 rings (SSSR count). The van der Waals surface area contributed by atoms with Gasteiger partial charge in [-0.25, -0.2) is 0 Å². The minimum atomic E-state index is -1.03. The summed E-state index contributed by atoms with van der Waals surface area (Å²) in [5.74, 6) is 0.740. The molecule has 0 aliphatic rings. The molecule has 2 N–H and O–H groups in total. The van der Waals surface area contributed by atoms with Crippen LogP contribution in [-0.2, 0) is 0 Å². The van der Waals surface area contributed by atoms with Crippen LogP contribution in [-0.4, -0.2) is 54.3 Å². The number of fused-ring (bicyclic) bond motifs is 1. The van der Waals surface area contributed by atoms with Crippen LogP contribution in [0, 0.1) is 0 Å². The van der Waals surface area contributed by atoms with Gasteiger partial charge in [-0.2, -0.15) is 9.78 Å². The first kappa shape index (κ1) is 23.8. The number of rotatable bonds is 9. The van der Waals surface area contributed by atoms with E-state index < -0.39 is 12.0 Å². The Hall–Kier alpha value is -4.37. The van der Waals surface area contributed by atoms with Crippen LogP contribution in [0.5, 0.6) is 17.2 Å². The fourth-order valence-corrected chi connectivity index (χ4v) is 3.59. The molecule has 4 aromatic rings. The topological polar surface area (TPSA) is 112 Å². The molecule has 0 aliphatic heterocycles. The minimum Gasteiger partial charge on any atom is -0.493 e. The Morgan fingerprint density at radius 1 is 0.943 bits per heavy atom. The molecule has 0 radical (unpaired) electrons. The van der Waals surface area contributed by atoms with Crippen LogP contribution in [0.1, 0.15) is 10.5 Å². The number of hydrogen-bond acceptors (Lipinski definition) is 7. The van der Waals surface area contributed by atoms with Gasteiger partial charge in [0.05, 0.1) is 25.3 Å². The molecule has 1 unspecified atom stereocenters. The van der Waals surface area contributed by atoms with Crippen LogP contribution in [0.15, 0.2) is 77.6 Å². The number of carbonyl (C=O) groups is 1. The highest BCUT2D eigenvalue weighted by Gasteiger charge is 2.19. The van der Waals surface area contributed by atoms with Crippen molar-refractivity contribution in [1.29, 1.82) is 0 Å². The molecule has 1 atom stereocenters. The number of nitrogens with zero attached hydrogens (tertiary/aromatic N) is 2. The third-order valence-corrected chi connectivity index (χ3v) is 5.32. The Morgan fingerprint density at radius 3 is 2.23 bits per heavy atom. The van der Waals surface area contributed by atoms with Crippen molar-refractivity contribution in [3.8, 4) is 22.9 Å². The highest BCUT2D eigenvalue weighted by Crippen LogP contribution is 2.36. The van der Waals surface area contributed by atoms with Gasteiger partial charge in [-0.15, -0.1) is 0 Å². The number of para-hydroxylation sites is 2. The Kier molecular flexibility index (Phi) is 7.27. The van der Waals surface area contributed by atoms with E-state index >= 15 is 0 Å². The van der Waals surface area contributed by atoms with Gasteiger partial charge in [0.25, 0.3) is 11.5 Å². The van der Waals surface area contributed by atoms with E-state index in [4.69, 9.17) is 14.2 Å². The fourth-order valence-electron chi connectivity index (χ4n) is 3.59. The largest absolute Gasteiger partial charge is 0.493 e. The second-order valence-corrected chi connectivity index (χ2v) is 7.61. The van der Waals surface area contributed by atoms with Gasteiger partial charge in [0.1, 0.15) is 12.7 Å². The number of ether oxygens (including phenoxy) is 3. The van der Waals surface area contributed by atoms with Crippen molar-refractivity contribution in [1.82, 2.24) is 15.1 Å². The Balaban J connectivity index is 1.52. The Morgan fingerprint density at radius 2 is 1.57 bits per heavy atom. The van der Waals surface area contributed by atoms with E-state index in [0.29, 0.717) is 33.7 Å². The summed E-state index contributed by atoms with van der Waals surface area (Å²) in [7, 11) is 3.01. The maximum atomic E-state index is 13.1. The lowest BCUT2D eigenvalue weighted by Crippen LogP contribution is -2.37. The van der Waals surface area contributed by atoms with Crippen LogP contribution in [0.3, 0.4) is 0 Å². The van der Waals surface area contributed by atoms with Gasteiger partial charge >= 0.3 is 0 Å². The monoisotopic (exact) mass is 475 g/mol. The second kappa shape index (κ2) is 10.7. The van der Waals surface area contributed by atoms with E-state index in [1.807, 2.05) is 6.07 Å². The van der Waals surface area contributed by atoms with Crippen molar-refractivity contribution in [2.45, 2.75) is 6.10 Å². The van der Waals surface area contributed by atoms with Gasteiger partial charge in [0.2, 0.25) is 5.75 Å². The molecule has 35 heavy (non-hydrogen) atoms. The highest BCUT2D eigenvalue weighted by atomic mass is 16.5. The highest BCUT2D eigenvalue weighted by molar-refractivity contribution is 6.04. The lowest BCUT2D eigenvalue weighted by molar-refractivity contribution is 0.0830. The van der Waals surface area contributed by atoms with E-state index in [9.17, 15) is 14.7 Å². The lowest BCUT2D eigenvalue weighted by atomic mass is 10.1. The molecule has 9 nitrogen and oxygen atoms in total. The smallest absolute Gasteiger partial charge is 0.279 e. The van der Waals surface area contributed by atoms with Gasteiger partial charge in [-0.1, -0.05) is 42.5 Å². The molecule has 1 amide bonds. The van der Waals surface area contributed by atoms with Crippen molar-refractivity contribution >= 4 is 16.7 Å². The number of carbonyl (C=O) groups excluding carboxylic acids is 1. The van der Waals surface area contributed by atoms with E-state index in [0.717, 1.165) is 0 Å². The molecule has 1 heterocycles. The maximum Gasteiger partial charge on any atom is 0.279 e. The lowest BCUT2D eigenvalue weighted by Gasteiger charge is -2.17. The first-order chi connectivity index (χ1) is 17.0. The fraction of sp³-hybridized carbons (Fsp3) is 0.192. The molecule has 180 valence electrons. The van der Waals surface area contributed by atoms with Crippen LogP contribution in [0.4, 0.5) is 0 Å². The van der Waals surface area contributed by atoms with Crippen molar-refractivity contribution in [2.75, 3.05) is 27.4 Å². The normalized spacial score (nSPS) is 11.6. The minimum absolute atomic E-state index is 0.0727. The molecule has 0 spiro atoms. The number of aliphatic hydroxyl groups excluding tert-OH is 1. The first-order valence-electron chi connectivity index (χ1n) is 10.9. The second-order valence-electron chi connectivity index (χ2n) is 7.61. The standard InChI is InChI=1S/C26H25N3O6/c1-33-21-13-8-14-22(34-2)24(21)35-16-18(30)15-27-25(31)23-19-11-6-7-12-20(19)26(32)29(28-23)17-9-4-3-5-10-17/h3-14,18,30H,15-16H2,1-2H3,(H,27,31). The van der Waals surface area contributed by atoms with Crippen LogP contribution >= 0.6 is 0 Å². The molecule has 1 aromatic heterocycles. The zero-order valence-corrected chi connectivity index (χ0v) is 19.3. The van der Waals surface area contributed by atoms with Gasteiger partial charge in [0.15, 0.2) is 17.2 Å². The van der Waals surface area contributed by atoms with Gasteiger partial charge in [0, 0.05) is 11.9 Å². The predicted octanol–water partition coefficient (Wildman–Crippen LogP) is 2.57. The number of nitrogens with one attached hydrogen (secondary N) is 1. The number of amides is 1. The van der Waals surface area contributed by atoms with E-state index in [1.165, 1.54) is 18.9 Å². The average Bonchev–Trinajstić information content (AvgIpc) is 2.91. The van der Waals surface area contributed by atoms with Gasteiger partial charge < -0.3 is 24.6 Å². The summed E-state index contributed by atoms with van der Waals surface area (Å²) in [6, 6.07) is 20.8. The van der Waals surface area contributed by atoms with E-state index in [2.05, 4.69) is 10.4 Å². The van der Waals surface area contributed by atoms with E-state index in [-0.39, 0.29) is 24.4 Å². The van der Waals surface area contributed by atoms with Crippen molar-refractivity contribution < 1.29 is 24.1 Å². The number of aromatic nitrogens is 2. The molecule has 3 aromatic carbocycles. The third kappa shape index (κ3) is 5.10. The van der Waals surface area contributed by atoms with Crippen LogP contribution in [0.25, 0.3) is 16.5 Å². The quantitative estimate of drug-likeness (QED) is 0.383. The molecule has 0 saturated carbocycles. The molecular weight excluding hydrogens is 450 g/mol. The van der Waals surface area contributed by atoms with Gasteiger partial charge in [-0.3, -0.25) is 9.59 Å². The van der Waals surface area contributed by atoms with E-state index in [1.54, 1.807) is 66.7 Å². The van der Waals surface area contributed by atoms with Crippen LogP contribution in [0.2, 0.25) is 0 Å². The zero-order valence-electron chi connectivity index (χ0n) is 19.3. The molecule has 0 bridgehead atoms. The predicted molar refractivity (Wildman–Crippen MR) is 131 cm³/mol. The summed E-state index contributed by atoms with van der Waals surface area (Å²) in [5.41, 5.74) is 0.280. The number of benzene rings is 3. The Labute approximate surface area is 201 Å². The first-order valence-corrected chi connectivity index (χ1v) is 10.9. The van der Waals surface area contributed by atoms with Gasteiger partial charge in [-0.05, 0) is 30.3 Å². The number of hydrogen-bond donors (Lipinski definition) is 2. The number of methoxy groups -OCH3 is 2. The van der Waals surface area contributed by atoms with Crippen molar-refractivity contribution in [3.05, 3.63) is 88.8 Å². The molecular formula is C26H25N3O6. The zero-order chi connectivity index (χ0) is 24.8. The summed E-state index contributed by atoms with van der Waals surface area (Å²) in [6.07, 6.45) is -1.03. The number of aliphatic hydroxyl groups is 1. The SMILES string of the molecule is COc1cccc(OC)c1OCC(O)CNC(=O)c1nn(-c2ccccc2)c(=O)c2ccccc12. The average molecular weight is 476 g/mol. The van der Waals surface area contributed by atoms with Crippen LogP contribution < -0.4 is 25.1 Å². The summed E-state index contributed by atoms with van der Waals surface area (Å²) < 4.78 is 17.5. The molecule has 0 saturated heterocycles. The summed E-state index contributed by atoms with van der Waals surface area (Å²) >= 11 is 0. The molecule has 0 aliphatic carbocycles. The van der Waals surface area contributed by atoms with Crippen molar-refractivity contribution in [3.63, 3.8) is 0 Å². The summed E-state index contributed by atoms with van der Waals surface area (Å²) in [4.78, 5) is 26.0. The van der Waals surface area contributed by atoms with Crippen molar-refractivity contribution in [2.24, 2.45) is 0 Å². The summed E-state index contributed by atoms with van der Waals surface area (Å²) in [5, 5.41) is 18.2. The Bertz CT molecular complexity index is 1360.